The molecule has 1 N–H and O–H groups in total. The minimum atomic E-state index is 0.179. The van der Waals surface area contributed by atoms with Crippen molar-refractivity contribution in [1.29, 1.82) is 0 Å². The number of benzene rings is 1. The van der Waals surface area contributed by atoms with Crippen LogP contribution in [0.2, 0.25) is 0 Å². The summed E-state index contributed by atoms with van der Waals surface area (Å²) in [5.74, 6) is 0.911. The van der Waals surface area contributed by atoms with Gasteiger partial charge in [0, 0.05) is 6.04 Å². The Bertz CT molecular complexity index is 664. The molecule has 1 aromatic carbocycles. The Morgan fingerprint density at radius 3 is 2.60 bits per heavy atom. The Labute approximate surface area is 149 Å². The van der Waals surface area contributed by atoms with Crippen molar-refractivity contribution in [2.45, 2.75) is 58.7 Å². The molecule has 1 aromatic heterocycles. The number of hydrogen-bond donors (Lipinski definition) is 1. The van der Waals surface area contributed by atoms with E-state index in [2.05, 4.69) is 53.3 Å². The van der Waals surface area contributed by atoms with Crippen LogP contribution in [0.3, 0.4) is 0 Å². The van der Waals surface area contributed by atoms with E-state index in [1.54, 1.807) is 0 Å². The lowest BCUT2D eigenvalue weighted by Gasteiger charge is -2.31. The number of hydrogen-bond acceptors (Lipinski definition) is 5. The fourth-order valence-corrected chi connectivity index (χ4v) is 3.53. The number of rotatable bonds is 6. The first-order chi connectivity index (χ1) is 12.0. The minimum Gasteiger partial charge on any atom is -0.395 e. The minimum absolute atomic E-state index is 0.179. The molecule has 0 unspecified atom stereocenters. The van der Waals surface area contributed by atoms with Crippen LogP contribution in [0, 0.1) is 5.41 Å². The van der Waals surface area contributed by atoms with Gasteiger partial charge in [-0.3, -0.25) is 4.90 Å². The fraction of sp³-hybridized carbons (Fsp3) is 0.632. The summed E-state index contributed by atoms with van der Waals surface area (Å²) in [6, 6.07) is 10.6. The van der Waals surface area contributed by atoms with Crippen molar-refractivity contribution in [2.75, 3.05) is 13.2 Å². The molecule has 1 saturated heterocycles. The van der Waals surface area contributed by atoms with Crippen molar-refractivity contribution in [1.82, 2.24) is 25.1 Å². The third kappa shape index (κ3) is 4.44. The second-order valence-corrected chi connectivity index (χ2v) is 8.16. The summed E-state index contributed by atoms with van der Waals surface area (Å²) in [5.41, 5.74) is 1.46. The van der Waals surface area contributed by atoms with Gasteiger partial charge in [0.25, 0.3) is 0 Å². The molecule has 3 rings (SSSR count). The van der Waals surface area contributed by atoms with Gasteiger partial charge in [-0.15, -0.1) is 5.10 Å². The number of aliphatic hydroxyl groups excluding tert-OH is 1. The predicted molar refractivity (Wildman–Crippen MR) is 97.0 cm³/mol. The van der Waals surface area contributed by atoms with Crippen LogP contribution in [-0.2, 0) is 6.54 Å². The summed E-state index contributed by atoms with van der Waals surface area (Å²) in [7, 11) is 0. The van der Waals surface area contributed by atoms with E-state index in [-0.39, 0.29) is 24.1 Å². The predicted octanol–water partition coefficient (Wildman–Crippen LogP) is 2.66. The van der Waals surface area contributed by atoms with E-state index in [9.17, 15) is 5.11 Å². The lowest BCUT2D eigenvalue weighted by Crippen LogP contribution is -2.37. The highest BCUT2D eigenvalue weighted by Crippen LogP contribution is 2.36. The van der Waals surface area contributed by atoms with Crippen molar-refractivity contribution in [3.8, 4) is 0 Å². The molecule has 2 heterocycles. The number of likely N-dealkylation sites (tertiary alicyclic amines) is 1. The highest BCUT2D eigenvalue weighted by molar-refractivity contribution is 5.15. The second-order valence-electron chi connectivity index (χ2n) is 8.16. The van der Waals surface area contributed by atoms with Crippen LogP contribution in [0.15, 0.2) is 30.3 Å². The Kier molecular flexibility index (Phi) is 5.49. The molecule has 0 aliphatic carbocycles. The average Bonchev–Trinajstić information content (AvgIpc) is 3.19. The topological polar surface area (TPSA) is 67.1 Å². The number of nitrogens with zero attached hydrogens (tertiary/aromatic N) is 5. The van der Waals surface area contributed by atoms with Gasteiger partial charge in [-0.05, 0) is 47.2 Å². The van der Waals surface area contributed by atoms with E-state index in [1.807, 2.05) is 22.9 Å². The quantitative estimate of drug-likeness (QED) is 0.873. The summed E-state index contributed by atoms with van der Waals surface area (Å²) in [5, 5.41) is 22.3. The zero-order chi connectivity index (χ0) is 17.9. The van der Waals surface area contributed by atoms with E-state index < -0.39 is 0 Å². The monoisotopic (exact) mass is 343 g/mol. The maximum Gasteiger partial charge on any atom is 0.168 e. The molecule has 0 amide bonds. The highest BCUT2D eigenvalue weighted by Gasteiger charge is 2.37. The maximum atomic E-state index is 9.79. The maximum absolute atomic E-state index is 9.79. The smallest absolute Gasteiger partial charge is 0.168 e. The van der Waals surface area contributed by atoms with Crippen molar-refractivity contribution < 1.29 is 5.11 Å². The van der Waals surface area contributed by atoms with Gasteiger partial charge in [0.1, 0.15) is 0 Å². The Morgan fingerprint density at radius 2 is 1.92 bits per heavy atom. The van der Waals surface area contributed by atoms with Crippen LogP contribution in [0.25, 0.3) is 0 Å². The van der Waals surface area contributed by atoms with Crippen molar-refractivity contribution >= 4 is 0 Å². The third-order valence-electron chi connectivity index (χ3n) is 5.01. The molecule has 1 aliphatic rings. The van der Waals surface area contributed by atoms with Crippen LogP contribution in [0.4, 0.5) is 0 Å². The van der Waals surface area contributed by atoms with Crippen LogP contribution in [-0.4, -0.2) is 49.4 Å². The van der Waals surface area contributed by atoms with Gasteiger partial charge in [0.15, 0.2) is 5.82 Å². The average molecular weight is 343 g/mol. The molecule has 1 fully saturated rings. The molecule has 2 atom stereocenters. The Morgan fingerprint density at radius 1 is 1.16 bits per heavy atom. The first-order valence-electron chi connectivity index (χ1n) is 9.14. The first-order valence-corrected chi connectivity index (χ1v) is 9.14. The van der Waals surface area contributed by atoms with Gasteiger partial charge in [0.05, 0.1) is 19.2 Å². The zero-order valence-corrected chi connectivity index (χ0v) is 15.5. The SMILES string of the molecule is CC(C)(C)CCN1[C@H](CO)CC[C@H]1c1nnnn1Cc1ccccc1. The summed E-state index contributed by atoms with van der Waals surface area (Å²) in [6.45, 7) is 8.59. The molecule has 6 nitrogen and oxygen atoms in total. The lowest BCUT2D eigenvalue weighted by atomic mass is 9.92. The number of aliphatic hydroxyl groups is 1. The van der Waals surface area contributed by atoms with Gasteiger partial charge in [0.2, 0.25) is 0 Å². The summed E-state index contributed by atoms with van der Waals surface area (Å²) in [4.78, 5) is 2.40. The van der Waals surface area contributed by atoms with E-state index in [0.717, 1.165) is 31.6 Å². The molecule has 0 saturated carbocycles. The van der Waals surface area contributed by atoms with Crippen LogP contribution < -0.4 is 0 Å². The highest BCUT2D eigenvalue weighted by atomic mass is 16.3. The largest absolute Gasteiger partial charge is 0.395 e. The zero-order valence-electron chi connectivity index (χ0n) is 15.5. The van der Waals surface area contributed by atoms with Crippen LogP contribution >= 0.6 is 0 Å². The van der Waals surface area contributed by atoms with E-state index in [4.69, 9.17) is 0 Å². The first kappa shape index (κ1) is 18.0. The Hall–Kier alpha value is -1.79. The lowest BCUT2D eigenvalue weighted by molar-refractivity contribution is 0.110. The summed E-state index contributed by atoms with van der Waals surface area (Å²) in [6.07, 6.45) is 3.06. The summed E-state index contributed by atoms with van der Waals surface area (Å²) >= 11 is 0. The number of tetrazole rings is 1. The number of aromatic nitrogens is 4. The third-order valence-corrected chi connectivity index (χ3v) is 5.01. The van der Waals surface area contributed by atoms with Crippen LogP contribution in [0.5, 0.6) is 0 Å². The molecule has 0 spiro atoms. The van der Waals surface area contributed by atoms with E-state index in [0.29, 0.717) is 6.54 Å². The van der Waals surface area contributed by atoms with Gasteiger partial charge in [-0.1, -0.05) is 51.1 Å². The molecule has 0 radical (unpaired) electrons. The standard InChI is InChI=1S/C19H29N5O/c1-19(2,3)11-12-23-16(14-25)9-10-17(23)18-20-21-22-24(18)13-15-7-5-4-6-8-15/h4-8,16-17,25H,9-14H2,1-3H3/t16-,17-/m0/s1. The molecular formula is C19H29N5O. The molecule has 136 valence electrons. The van der Waals surface area contributed by atoms with Crippen molar-refractivity contribution in [3.63, 3.8) is 0 Å². The molecule has 25 heavy (non-hydrogen) atoms. The summed E-state index contributed by atoms with van der Waals surface area (Å²) < 4.78 is 1.91. The second kappa shape index (κ2) is 7.62. The van der Waals surface area contributed by atoms with Gasteiger partial charge >= 0.3 is 0 Å². The molecule has 2 aromatic rings. The van der Waals surface area contributed by atoms with E-state index in [1.165, 1.54) is 5.56 Å². The fourth-order valence-electron chi connectivity index (χ4n) is 3.53. The molecule has 1 aliphatic heterocycles. The van der Waals surface area contributed by atoms with E-state index >= 15 is 0 Å². The van der Waals surface area contributed by atoms with Crippen molar-refractivity contribution in [2.24, 2.45) is 5.41 Å². The van der Waals surface area contributed by atoms with Gasteiger partial charge in [-0.2, -0.15) is 0 Å². The van der Waals surface area contributed by atoms with Gasteiger partial charge in [-0.25, -0.2) is 4.68 Å². The molecule has 6 heteroatoms. The normalized spacial score (nSPS) is 21.8. The molecule has 0 bridgehead atoms. The van der Waals surface area contributed by atoms with Gasteiger partial charge < -0.3 is 5.11 Å². The molecular weight excluding hydrogens is 314 g/mol. The van der Waals surface area contributed by atoms with Crippen LogP contribution in [0.1, 0.15) is 57.5 Å². The Balaban J connectivity index is 1.79. The van der Waals surface area contributed by atoms with Crippen molar-refractivity contribution in [3.05, 3.63) is 41.7 Å².